The Morgan fingerprint density at radius 3 is 2.80 bits per heavy atom. The molecule has 0 fully saturated rings. The summed E-state index contributed by atoms with van der Waals surface area (Å²) < 4.78 is 13.2. The van der Waals surface area contributed by atoms with E-state index in [1.165, 1.54) is 17.2 Å². The molecule has 104 valence electrons. The largest absolute Gasteiger partial charge is 0.321 e. The highest BCUT2D eigenvalue weighted by atomic mass is 19.1. The van der Waals surface area contributed by atoms with Crippen molar-refractivity contribution in [2.24, 2.45) is 5.73 Å². The molecule has 0 spiro atoms. The van der Waals surface area contributed by atoms with Crippen molar-refractivity contribution in [1.82, 2.24) is 0 Å². The second kappa shape index (κ2) is 5.02. The molecule has 2 aromatic carbocycles. The van der Waals surface area contributed by atoms with E-state index in [0.29, 0.717) is 0 Å². The smallest absolute Gasteiger partial charge is 0.123 e. The number of aryl methyl sites for hydroxylation is 2. The highest BCUT2D eigenvalue weighted by molar-refractivity contribution is 5.39. The summed E-state index contributed by atoms with van der Waals surface area (Å²) in [5, 5.41) is 0. The molecule has 2 aromatic rings. The fraction of sp³-hybridized carbons (Fsp3) is 0.333. The van der Waals surface area contributed by atoms with Crippen molar-refractivity contribution in [2.45, 2.75) is 38.1 Å². The minimum atomic E-state index is -0.322. The molecule has 0 aromatic heterocycles. The standard InChI is InChI=1S/C18H20FN/c1-13-11-16(19)9-8-15(13)12-18(20)10-4-6-14-5-2-3-7-17(14)18/h2-3,5,7-9,11H,4,6,10,12,20H2,1H3. The van der Waals surface area contributed by atoms with Crippen LogP contribution in [0.1, 0.15) is 35.1 Å². The third-order valence-electron chi connectivity index (χ3n) is 4.43. The maximum absolute atomic E-state index is 13.2. The van der Waals surface area contributed by atoms with Gasteiger partial charge in [0.1, 0.15) is 5.82 Å². The number of fused-ring (bicyclic) bond motifs is 1. The van der Waals surface area contributed by atoms with Crippen molar-refractivity contribution < 1.29 is 4.39 Å². The van der Waals surface area contributed by atoms with E-state index in [2.05, 4.69) is 24.3 Å². The van der Waals surface area contributed by atoms with Gasteiger partial charge >= 0.3 is 0 Å². The van der Waals surface area contributed by atoms with Crippen molar-refractivity contribution in [3.63, 3.8) is 0 Å². The Hall–Kier alpha value is -1.67. The predicted molar refractivity (Wildman–Crippen MR) is 80.1 cm³/mol. The van der Waals surface area contributed by atoms with Gasteiger partial charge in [-0.1, -0.05) is 30.3 Å². The number of hydrogen-bond acceptors (Lipinski definition) is 1. The van der Waals surface area contributed by atoms with E-state index in [0.717, 1.165) is 36.8 Å². The zero-order valence-electron chi connectivity index (χ0n) is 11.8. The Morgan fingerprint density at radius 1 is 1.20 bits per heavy atom. The van der Waals surface area contributed by atoms with Gasteiger partial charge in [0.25, 0.3) is 0 Å². The minimum absolute atomic E-state index is 0.179. The lowest BCUT2D eigenvalue weighted by Gasteiger charge is -2.36. The van der Waals surface area contributed by atoms with Gasteiger partial charge in [-0.15, -0.1) is 0 Å². The summed E-state index contributed by atoms with van der Waals surface area (Å²) in [6.07, 6.45) is 3.99. The maximum atomic E-state index is 13.2. The van der Waals surface area contributed by atoms with E-state index in [-0.39, 0.29) is 11.4 Å². The number of hydrogen-bond donors (Lipinski definition) is 1. The molecule has 1 aliphatic carbocycles. The first-order chi connectivity index (χ1) is 9.58. The van der Waals surface area contributed by atoms with Crippen LogP contribution in [0.15, 0.2) is 42.5 Å². The Kier molecular flexibility index (Phi) is 3.35. The molecule has 0 aliphatic heterocycles. The van der Waals surface area contributed by atoms with Crippen LogP contribution in [0, 0.1) is 12.7 Å². The zero-order valence-corrected chi connectivity index (χ0v) is 11.8. The van der Waals surface area contributed by atoms with Crippen molar-refractivity contribution in [1.29, 1.82) is 0 Å². The third-order valence-corrected chi connectivity index (χ3v) is 4.43. The molecule has 0 bridgehead atoms. The van der Waals surface area contributed by atoms with Gasteiger partial charge in [0.2, 0.25) is 0 Å². The third kappa shape index (κ3) is 2.36. The van der Waals surface area contributed by atoms with Crippen molar-refractivity contribution in [3.05, 3.63) is 70.5 Å². The molecule has 1 aliphatic rings. The number of benzene rings is 2. The van der Waals surface area contributed by atoms with E-state index in [9.17, 15) is 4.39 Å². The SMILES string of the molecule is Cc1cc(F)ccc1CC1(N)CCCc2ccccc21. The molecule has 2 N–H and O–H groups in total. The lowest BCUT2D eigenvalue weighted by Crippen LogP contribution is -2.42. The molecule has 0 saturated carbocycles. The summed E-state index contributed by atoms with van der Waals surface area (Å²) in [7, 11) is 0. The molecule has 3 rings (SSSR count). The van der Waals surface area contributed by atoms with Crippen LogP contribution in [0.3, 0.4) is 0 Å². The fourth-order valence-corrected chi connectivity index (χ4v) is 3.33. The van der Waals surface area contributed by atoms with Crippen LogP contribution in [-0.4, -0.2) is 0 Å². The number of halogens is 1. The van der Waals surface area contributed by atoms with Crippen LogP contribution in [0.25, 0.3) is 0 Å². The second-order valence-electron chi connectivity index (χ2n) is 5.91. The van der Waals surface area contributed by atoms with Crippen LogP contribution >= 0.6 is 0 Å². The van der Waals surface area contributed by atoms with Gasteiger partial charge in [0, 0.05) is 5.54 Å². The summed E-state index contributed by atoms with van der Waals surface area (Å²) in [6.45, 7) is 1.95. The quantitative estimate of drug-likeness (QED) is 0.880. The first kappa shape index (κ1) is 13.3. The van der Waals surface area contributed by atoms with Gasteiger partial charge in [-0.3, -0.25) is 0 Å². The molecule has 0 amide bonds. The number of rotatable bonds is 2. The van der Waals surface area contributed by atoms with Crippen LogP contribution in [-0.2, 0) is 18.4 Å². The lowest BCUT2D eigenvalue weighted by atomic mass is 9.73. The first-order valence-corrected chi connectivity index (χ1v) is 7.21. The number of nitrogens with two attached hydrogens (primary N) is 1. The zero-order chi connectivity index (χ0) is 14.2. The summed E-state index contributed by atoms with van der Waals surface area (Å²) in [4.78, 5) is 0. The molecule has 0 saturated heterocycles. The molecule has 2 heteroatoms. The van der Waals surface area contributed by atoms with Crippen LogP contribution in [0.2, 0.25) is 0 Å². The average Bonchev–Trinajstić information content (AvgIpc) is 2.43. The topological polar surface area (TPSA) is 26.0 Å². The van der Waals surface area contributed by atoms with E-state index < -0.39 is 0 Å². The van der Waals surface area contributed by atoms with Gasteiger partial charge in [0.05, 0.1) is 0 Å². The molecule has 1 unspecified atom stereocenters. The van der Waals surface area contributed by atoms with Crippen molar-refractivity contribution in [2.75, 3.05) is 0 Å². The second-order valence-corrected chi connectivity index (χ2v) is 5.91. The Morgan fingerprint density at radius 2 is 2.00 bits per heavy atom. The Balaban J connectivity index is 1.98. The van der Waals surface area contributed by atoms with E-state index in [4.69, 9.17) is 5.73 Å². The molecule has 1 atom stereocenters. The normalized spacial score (nSPS) is 21.6. The van der Waals surface area contributed by atoms with Crippen LogP contribution in [0.4, 0.5) is 4.39 Å². The summed E-state index contributed by atoms with van der Waals surface area (Å²) in [6, 6.07) is 13.4. The molecule has 0 heterocycles. The summed E-state index contributed by atoms with van der Waals surface area (Å²) in [5.41, 5.74) is 11.1. The van der Waals surface area contributed by atoms with E-state index in [1.54, 1.807) is 6.07 Å². The monoisotopic (exact) mass is 269 g/mol. The maximum Gasteiger partial charge on any atom is 0.123 e. The molecular formula is C18H20FN. The van der Waals surface area contributed by atoms with Gasteiger partial charge in [-0.2, -0.15) is 0 Å². The Labute approximate surface area is 119 Å². The lowest BCUT2D eigenvalue weighted by molar-refractivity contribution is 0.369. The summed E-state index contributed by atoms with van der Waals surface area (Å²) >= 11 is 0. The Bertz CT molecular complexity index is 635. The predicted octanol–water partition coefficient (Wildman–Crippen LogP) is 3.87. The first-order valence-electron chi connectivity index (χ1n) is 7.21. The highest BCUT2D eigenvalue weighted by Gasteiger charge is 2.32. The average molecular weight is 269 g/mol. The van der Waals surface area contributed by atoms with Gasteiger partial charge in [-0.25, -0.2) is 4.39 Å². The van der Waals surface area contributed by atoms with Gasteiger partial charge in [0.15, 0.2) is 0 Å². The van der Waals surface area contributed by atoms with Gasteiger partial charge < -0.3 is 5.73 Å². The highest BCUT2D eigenvalue weighted by Crippen LogP contribution is 2.36. The fourth-order valence-electron chi connectivity index (χ4n) is 3.33. The van der Waals surface area contributed by atoms with Gasteiger partial charge in [-0.05, 0) is 67.0 Å². The minimum Gasteiger partial charge on any atom is -0.321 e. The van der Waals surface area contributed by atoms with E-state index in [1.807, 2.05) is 13.0 Å². The molecule has 20 heavy (non-hydrogen) atoms. The molecule has 1 nitrogen and oxygen atoms in total. The van der Waals surface area contributed by atoms with Crippen LogP contribution < -0.4 is 5.73 Å². The summed E-state index contributed by atoms with van der Waals surface area (Å²) in [5.74, 6) is -0.179. The van der Waals surface area contributed by atoms with Crippen LogP contribution in [0.5, 0.6) is 0 Å². The van der Waals surface area contributed by atoms with Crippen molar-refractivity contribution >= 4 is 0 Å². The van der Waals surface area contributed by atoms with Crippen molar-refractivity contribution in [3.8, 4) is 0 Å². The van der Waals surface area contributed by atoms with E-state index >= 15 is 0 Å². The molecular weight excluding hydrogens is 249 g/mol. The molecule has 0 radical (unpaired) electrons.